The standard InChI is InChI=1S/C17H17NO5/c1-20-13-9-12-15(17(22-3)16(13)21-2)11(8-14(19)23-12)10-4-6-18-7-5-10/h4-7,9,11H,8H2,1-3H3/t11-/m0/s1. The average molecular weight is 315 g/mol. The van der Waals surface area contributed by atoms with Gasteiger partial charge in [0.15, 0.2) is 11.5 Å². The van der Waals surface area contributed by atoms with Crippen molar-refractivity contribution in [1.82, 2.24) is 4.98 Å². The van der Waals surface area contributed by atoms with Gasteiger partial charge in [0.1, 0.15) is 5.75 Å². The number of carbonyl (C=O) groups excluding carboxylic acids is 1. The van der Waals surface area contributed by atoms with Gasteiger partial charge in [0.2, 0.25) is 5.75 Å². The van der Waals surface area contributed by atoms with Crippen LogP contribution in [0.3, 0.4) is 0 Å². The molecule has 120 valence electrons. The Labute approximate surface area is 134 Å². The first kappa shape index (κ1) is 15.1. The van der Waals surface area contributed by atoms with Crippen LogP contribution in [0.2, 0.25) is 0 Å². The topological polar surface area (TPSA) is 66.9 Å². The second-order valence-electron chi connectivity index (χ2n) is 5.07. The van der Waals surface area contributed by atoms with Crippen LogP contribution in [0.1, 0.15) is 23.5 Å². The number of rotatable bonds is 4. The summed E-state index contributed by atoms with van der Waals surface area (Å²) in [6, 6.07) is 5.41. The molecule has 2 heterocycles. The maximum atomic E-state index is 12.0. The van der Waals surface area contributed by atoms with Crippen molar-refractivity contribution in [1.29, 1.82) is 0 Å². The third-order valence-electron chi connectivity index (χ3n) is 3.88. The monoisotopic (exact) mass is 315 g/mol. The van der Waals surface area contributed by atoms with Crippen LogP contribution >= 0.6 is 0 Å². The average Bonchev–Trinajstić information content (AvgIpc) is 2.59. The SMILES string of the molecule is COc1cc2c(c(OC)c1OC)[C@H](c1ccncc1)CC(=O)O2. The number of ether oxygens (including phenoxy) is 4. The second-order valence-corrected chi connectivity index (χ2v) is 5.07. The van der Waals surface area contributed by atoms with Crippen LogP contribution in [0.25, 0.3) is 0 Å². The Kier molecular flexibility index (Phi) is 4.06. The molecular weight excluding hydrogens is 298 g/mol. The number of fused-ring (bicyclic) bond motifs is 1. The minimum Gasteiger partial charge on any atom is -0.493 e. The minimum atomic E-state index is -0.298. The number of pyridine rings is 1. The van der Waals surface area contributed by atoms with Crippen molar-refractivity contribution >= 4 is 5.97 Å². The Balaban J connectivity index is 2.25. The summed E-state index contributed by atoms with van der Waals surface area (Å²) in [6.07, 6.45) is 3.62. The first-order chi connectivity index (χ1) is 11.2. The molecule has 0 amide bonds. The van der Waals surface area contributed by atoms with Gasteiger partial charge in [-0.25, -0.2) is 0 Å². The zero-order valence-electron chi connectivity index (χ0n) is 13.2. The van der Waals surface area contributed by atoms with Crippen molar-refractivity contribution in [3.8, 4) is 23.0 Å². The van der Waals surface area contributed by atoms with Crippen molar-refractivity contribution in [2.75, 3.05) is 21.3 Å². The molecule has 0 bridgehead atoms. The van der Waals surface area contributed by atoms with Gasteiger partial charge in [0.05, 0.1) is 27.8 Å². The van der Waals surface area contributed by atoms with E-state index in [2.05, 4.69) is 4.98 Å². The lowest BCUT2D eigenvalue weighted by Gasteiger charge is -2.28. The van der Waals surface area contributed by atoms with Gasteiger partial charge < -0.3 is 18.9 Å². The van der Waals surface area contributed by atoms with Crippen molar-refractivity contribution in [3.05, 3.63) is 41.7 Å². The molecule has 1 aliphatic rings. The Morgan fingerprint density at radius 3 is 2.39 bits per heavy atom. The lowest BCUT2D eigenvalue weighted by Crippen LogP contribution is -2.22. The summed E-state index contributed by atoms with van der Waals surface area (Å²) in [4.78, 5) is 16.0. The Bertz CT molecular complexity index is 730. The van der Waals surface area contributed by atoms with E-state index < -0.39 is 0 Å². The van der Waals surface area contributed by atoms with Crippen molar-refractivity contribution in [2.24, 2.45) is 0 Å². The smallest absolute Gasteiger partial charge is 0.312 e. The van der Waals surface area contributed by atoms with E-state index in [1.54, 1.807) is 32.7 Å². The van der Waals surface area contributed by atoms with Crippen LogP contribution in [0.15, 0.2) is 30.6 Å². The minimum absolute atomic E-state index is 0.191. The van der Waals surface area contributed by atoms with Gasteiger partial charge in [-0.1, -0.05) is 0 Å². The van der Waals surface area contributed by atoms with Gasteiger partial charge >= 0.3 is 5.97 Å². The molecule has 0 unspecified atom stereocenters. The van der Waals surface area contributed by atoms with E-state index in [9.17, 15) is 4.79 Å². The largest absolute Gasteiger partial charge is 0.493 e. The molecule has 0 spiro atoms. The quantitative estimate of drug-likeness (QED) is 0.638. The summed E-state index contributed by atoms with van der Waals surface area (Å²) in [5, 5.41) is 0. The molecule has 0 saturated carbocycles. The molecule has 0 radical (unpaired) electrons. The predicted molar refractivity (Wildman–Crippen MR) is 82.4 cm³/mol. The summed E-state index contributed by atoms with van der Waals surface area (Å²) < 4.78 is 21.7. The highest BCUT2D eigenvalue weighted by Gasteiger charge is 2.35. The number of nitrogens with zero attached hydrogens (tertiary/aromatic N) is 1. The van der Waals surface area contributed by atoms with E-state index in [1.807, 2.05) is 12.1 Å². The molecule has 0 fully saturated rings. The molecule has 6 heteroatoms. The van der Waals surface area contributed by atoms with Crippen LogP contribution in [0.5, 0.6) is 23.0 Å². The van der Waals surface area contributed by atoms with Crippen LogP contribution < -0.4 is 18.9 Å². The molecule has 0 aliphatic carbocycles. The van der Waals surface area contributed by atoms with Gasteiger partial charge in [-0.15, -0.1) is 0 Å². The fourth-order valence-electron chi connectivity index (χ4n) is 2.88. The normalized spacial score (nSPS) is 16.3. The van der Waals surface area contributed by atoms with Crippen LogP contribution in [0, 0.1) is 0 Å². The molecule has 0 saturated heterocycles. The zero-order valence-corrected chi connectivity index (χ0v) is 13.2. The summed E-state index contributed by atoms with van der Waals surface area (Å²) in [7, 11) is 4.62. The van der Waals surface area contributed by atoms with E-state index >= 15 is 0 Å². The molecule has 3 rings (SSSR count). The van der Waals surface area contributed by atoms with Gasteiger partial charge in [-0.2, -0.15) is 0 Å². The highest BCUT2D eigenvalue weighted by Crippen LogP contribution is 2.52. The van der Waals surface area contributed by atoms with Crippen LogP contribution in [-0.4, -0.2) is 32.3 Å². The number of benzene rings is 1. The van der Waals surface area contributed by atoms with Gasteiger partial charge in [0, 0.05) is 29.9 Å². The van der Waals surface area contributed by atoms with E-state index in [1.165, 1.54) is 7.11 Å². The van der Waals surface area contributed by atoms with E-state index in [0.29, 0.717) is 23.0 Å². The molecule has 2 aromatic rings. The molecule has 0 N–H and O–H groups in total. The molecular formula is C17H17NO5. The Morgan fingerprint density at radius 2 is 1.78 bits per heavy atom. The number of esters is 1. The van der Waals surface area contributed by atoms with Crippen LogP contribution in [-0.2, 0) is 4.79 Å². The van der Waals surface area contributed by atoms with Crippen molar-refractivity contribution < 1.29 is 23.7 Å². The lowest BCUT2D eigenvalue weighted by atomic mass is 9.86. The van der Waals surface area contributed by atoms with E-state index in [4.69, 9.17) is 18.9 Å². The fourth-order valence-corrected chi connectivity index (χ4v) is 2.88. The number of hydrogen-bond acceptors (Lipinski definition) is 6. The van der Waals surface area contributed by atoms with E-state index in [0.717, 1.165) is 11.1 Å². The Hall–Kier alpha value is -2.76. The summed E-state index contributed by atoms with van der Waals surface area (Å²) in [6.45, 7) is 0. The third kappa shape index (κ3) is 2.56. The summed E-state index contributed by atoms with van der Waals surface area (Å²) in [5.41, 5.74) is 1.74. The highest BCUT2D eigenvalue weighted by molar-refractivity contribution is 5.80. The van der Waals surface area contributed by atoms with Crippen LogP contribution in [0.4, 0.5) is 0 Å². The van der Waals surface area contributed by atoms with Gasteiger partial charge in [0.25, 0.3) is 0 Å². The molecule has 1 aromatic heterocycles. The molecule has 6 nitrogen and oxygen atoms in total. The fraction of sp³-hybridized carbons (Fsp3) is 0.294. The number of hydrogen-bond donors (Lipinski definition) is 0. The molecule has 1 aromatic carbocycles. The predicted octanol–water partition coefficient (Wildman–Crippen LogP) is 2.55. The van der Waals surface area contributed by atoms with Crippen molar-refractivity contribution in [3.63, 3.8) is 0 Å². The number of methoxy groups -OCH3 is 3. The number of aromatic nitrogens is 1. The molecule has 1 atom stereocenters. The number of carbonyl (C=O) groups is 1. The lowest BCUT2D eigenvalue weighted by molar-refractivity contribution is -0.135. The van der Waals surface area contributed by atoms with Gasteiger partial charge in [-0.3, -0.25) is 9.78 Å². The molecule has 1 aliphatic heterocycles. The summed E-state index contributed by atoms with van der Waals surface area (Å²) in [5.74, 6) is 1.38. The highest BCUT2D eigenvalue weighted by atomic mass is 16.5. The zero-order chi connectivity index (χ0) is 16.4. The van der Waals surface area contributed by atoms with Gasteiger partial charge in [-0.05, 0) is 17.7 Å². The first-order valence-electron chi connectivity index (χ1n) is 7.13. The maximum absolute atomic E-state index is 12.0. The molecule has 23 heavy (non-hydrogen) atoms. The van der Waals surface area contributed by atoms with Crippen molar-refractivity contribution in [2.45, 2.75) is 12.3 Å². The third-order valence-corrected chi connectivity index (χ3v) is 3.88. The first-order valence-corrected chi connectivity index (χ1v) is 7.13. The van der Waals surface area contributed by atoms with E-state index in [-0.39, 0.29) is 18.3 Å². The second kappa shape index (κ2) is 6.16. The summed E-state index contributed by atoms with van der Waals surface area (Å²) >= 11 is 0. The maximum Gasteiger partial charge on any atom is 0.312 e. The Morgan fingerprint density at radius 1 is 1.09 bits per heavy atom.